The van der Waals surface area contributed by atoms with E-state index in [1.165, 1.54) is 12.8 Å². The van der Waals surface area contributed by atoms with Crippen molar-refractivity contribution in [2.75, 3.05) is 39.4 Å². The quantitative estimate of drug-likeness (QED) is 0.670. The first kappa shape index (κ1) is 12.8. The van der Waals surface area contributed by atoms with E-state index in [0.717, 1.165) is 39.2 Å². The molecule has 0 aromatic carbocycles. The van der Waals surface area contributed by atoms with Crippen LogP contribution < -0.4 is 5.32 Å². The molecule has 1 unspecified atom stereocenters. The maximum absolute atomic E-state index is 9.34. The smallest absolute Gasteiger partial charge is 0.0948 e. The minimum absolute atomic E-state index is 0.0223. The highest BCUT2D eigenvalue weighted by molar-refractivity contribution is 5.10. The number of aliphatic hydroxyl groups is 1. The maximum atomic E-state index is 9.34. The van der Waals surface area contributed by atoms with Gasteiger partial charge in [0.05, 0.1) is 25.4 Å². The Hall–Kier alpha value is -0.600. The van der Waals surface area contributed by atoms with Crippen LogP contribution in [0.2, 0.25) is 0 Å². The molecule has 0 aromatic heterocycles. The van der Waals surface area contributed by atoms with Crippen LogP contribution in [0.5, 0.6) is 0 Å². The number of hydrogen-bond acceptors (Lipinski definition) is 4. The second kappa shape index (κ2) is 6.97. The van der Waals surface area contributed by atoms with Crippen molar-refractivity contribution in [3.8, 4) is 11.8 Å². The number of rotatable bonds is 3. The molecular formula is C13H22N2O2. The minimum Gasteiger partial charge on any atom is -0.394 e. The second-order valence-electron chi connectivity index (χ2n) is 4.66. The molecule has 2 atom stereocenters. The van der Waals surface area contributed by atoms with Crippen LogP contribution in [0.4, 0.5) is 0 Å². The molecule has 0 spiro atoms. The van der Waals surface area contributed by atoms with Crippen molar-refractivity contribution in [1.82, 2.24) is 10.2 Å². The number of aliphatic hydroxyl groups excluding tert-OH is 1. The molecule has 2 N–H and O–H groups in total. The summed E-state index contributed by atoms with van der Waals surface area (Å²) in [5, 5.41) is 12.6. The van der Waals surface area contributed by atoms with E-state index < -0.39 is 0 Å². The fraction of sp³-hybridized carbons (Fsp3) is 0.846. The lowest BCUT2D eigenvalue weighted by Gasteiger charge is -2.22. The van der Waals surface area contributed by atoms with E-state index in [2.05, 4.69) is 22.1 Å². The van der Waals surface area contributed by atoms with Gasteiger partial charge in [-0.1, -0.05) is 11.8 Å². The van der Waals surface area contributed by atoms with Gasteiger partial charge in [0.1, 0.15) is 0 Å². The molecule has 4 nitrogen and oxygen atoms in total. The van der Waals surface area contributed by atoms with E-state index in [-0.39, 0.29) is 18.8 Å². The first-order valence-corrected chi connectivity index (χ1v) is 6.56. The molecule has 0 aromatic rings. The number of nitrogens with one attached hydrogen (secondary N) is 1. The molecule has 0 aliphatic carbocycles. The highest BCUT2D eigenvalue weighted by Crippen LogP contribution is 2.11. The molecule has 2 aliphatic rings. The van der Waals surface area contributed by atoms with Crippen molar-refractivity contribution in [3.05, 3.63) is 0 Å². The fourth-order valence-electron chi connectivity index (χ4n) is 2.35. The highest BCUT2D eigenvalue weighted by Gasteiger charge is 2.19. The molecule has 0 radical (unpaired) electrons. The van der Waals surface area contributed by atoms with Gasteiger partial charge in [0.2, 0.25) is 0 Å². The molecule has 2 rings (SSSR count). The Morgan fingerprint density at radius 3 is 2.88 bits per heavy atom. The normalized spacial score (nSPS) is 27.5. The third-order valence-electron chi connectivity index (χ3n) is 3.36. The summed E-state index contributed by atoms with van der Waals surface area (Å²) in [5.41, 5.74) is 0. The molecule has 0 bridgehead atoms. The van der Waals surface area contributed by atoms with E-state index in [1.54, 1.807) is 0 Å². The predicted molar refractivity (Wildman–Crippen MR) is 66.7 cm³/mol. The van der Waals surface area contributed by atoms with Gasteiger partial charge in [-0.2, -0.15) is 0 Å². The monoisotopic (exact) mass is 238 g/mol. The Bertz CT molecular complexity index is 273. The van der Waals surface area contributed by atoms with Crippen LogP contribution >= 0.6 is 0 Å². The third kappa shape index (κ3) is 3.97. The predicted octanol–water partition coefficient (Wildman–Crippen LogP) is -0.175. The number of ether oxygens (including phenoxy) is 1. The van der Waals surface area contributed by atoms with E-state index in [4.69, 9.17) is 4.74 Å². The second-order valence-corrected chi connectivity index (χ2v) is 4.66. The summed E-state index contributed by atoms with van der Waals surface area (Å²) in [6.07, 6.45) is 3.44. The number of likely N-dealkylation sites (tertiary alicyclic amines) is 1. The fourth-order valence-corrected chi connectivity index (χ4v) is 2.35. The summed E-state index contributed by atoms with van der Waals surface area (Å²) in [4.78, 5) is 2.27. The van der Waals surface area contributed by atoms with Crippen LogP contribution in [0, 0.1) is 11.8 Å². The molecule has 2 heterocycles. The Morgan fingerprint density at radius 2 is 2.24 bits per heavy atom. The zero-order valence-corrected chi connectivity index (χ0v) is 10.3. The van der Waals surface area contributed by atoms with Crippen LogP contribution in [0.25, 0.3) is 0 Å². The van der Waals surface area contributed by atoms with Crippen molar-refractivity contribution in [2.45, 2.75) is 31.4 Å². The van der Waals surface area contributed by atoms with Gasteiger partial charge >= 0.3 is 0 Å². The van der Waals surface area contributed by atoms with Crippen LogP contribution in [0.1, 0.15) is 19.3 Å². The van der Waals surface area contributed by atoms with Crippen LogP contribution in [-0.4, -0.2) is 61.5 Å². The van der Waals surface area contributed by atoms with Gasteiger partial charge in [-0.25, -0.2) is 0 Å². The number of nitrogens with zero attached hydrogens (tertiary/aromatic N) is 1. The van der Waals surface area contributed by atoms with Crippen molar-refractivity contribution < 1.29 is 9.84 Å². The van der Waals surface area contributed by atoms with Crippen molar-refractivity contribution in [1.29, 1.82) is 0 Å². The summed E-state index contributed by atoms with van der Waals surface area (Å²) >= 11 is 0. The molecule has 17 heavy (non-hydrogen) atoms. The Kier molecular flexibility index (Phi) is 5.27. The summed E-state index contributed by atoms with van der Waals surface area (Å²) in [6.45, 7) is 4.89. The zero-order chi connectivity index (χ0) is 11.9. The average Bonchev–Trinajstić information content (AvgIpc) is 2.90. The SMILES string of the molecule is OCC(C#CC[C@H]1CNCCO1)N1CCCC1. The molecular weight excluding hydrogens is 216 g/mol. The van der Waals surface area contributed by atoms with E-state index >= 15 is 0 Å². The van der Waals surface area contributed by atoms with E-state index in [9.17, 15) is 5.11 Å². The Balaban J connectivity index is 1.77. The number of morpholine rings is 1. The van der Waals surface area contributed by atoms with Gasteiger partial charge in [-0.3, -0.25) is 4.90 Å². The van der Waals surface area contributed by atoms with Gasteiger partial charge in [-0.15, -0.1) is 0 Å². The molecule has 2 fully saturated rings. The first-order valence-electron chi connectivity index (χ1n) is 6.56. The third-order valence-corrected chi connectivity index (χ3v) is 3.36. The van der Waals surface area contributed by atoms with Crippen molar-refractivity contribution in [2.24, 2.45) is 0 Å². The van der Waals surface area contributed by atoms with Crippen LogP contribution in [0.15, 0.2) is 0 Å². The lowest BCUT2D eigenvalue weighted by atomic mass is 10.2. The van der Waals surface area contributed by atoms with Crippen LogP contribution in [0.3, 0.4) is 0 Å². The molecule has 0 saturated carbocycles. The van der Waals surface area contributed by atoms with Gasteiger partial charge in [0.15, 0.2) is 0 Å². The summed E-state index contributed by atoms with van der Waals surface area (Å²) in [5.74, 6) is 6.34. The Labute approximate surface area is 103 Å². The minimum atomic E-state index is 0.0223. The van der Waals surface area contributed by atoms with Crippen molar-refractivity contribution >= 4 is 0 Å². The lowest BCUT2D eigenvalue weighted by Crippen LogP contribution is -2.38. The van der Waals surface area contributed by atoms with Crippen LogP contribution in [-0.2, 0) is 4.74 Å². The van der Waals surface area contributed by atoms with E-state index in [0.29, 0.717) is 0 Å². The highest BCUT2D eigenvalue weighted by atomic mass is 16.5. The summed E-state index contributed by atoms with van der Waals surface area (Å²) < 4.78 is 5.58. The molecule has 2 saturated heterocycles. The van der Waals surface area contributed by atoms with Crippen molar-refractivity contribution in [3.63, 3.8) is 0 Å². The number of hydrogen-bond donors (Lipinski definition) is 2. The van der Waals surface area contributed by atoms with Gasteiger partial charge in [0, 0.05) is 19.5 Å². The summed E-state index contributed by atoms with van der Waals surface area (Å²) in [7, 11) is 0. The zero-order valence-electron chi connectivity index (χ0n) is 10.3. The van der Waals surface area contributed by atoms with Gasteiger partial charge in [0.25, 0.3) is 0 Å². The van der Waals surface area contributed by atoms with Gasteiger partial charge in [-0.05, 0) is 25.9 Å². The van der Waals surface area contributed by atoms with Gasteiger partial charge < -0.3 is 15.2 Å². The topological polar surface area (TPSA) is 44.7 Å². The standard InChI is InChI=1S/C13H22N2O2/c16-11-12(15-7-1-2-8-15)4-3-5-13-10-14-6-9-17-13/h12-14,16H,1-2,5-11H2/t12?,13-/m0/s1. The largest absolute Gasteiger partial charge is 0.394 e. The maximum Gasteiger partial charge on any atom is 0.0948 e. The molecule has 0 amide bonds. The molecule has 4 heteroatoms. The summed E-state index contributed by atoms with van der Waals surface area (Å²) in [6, 6.07) is 0.0223. The lowest BCUT2D eigenvalue weighted by molar-refractivity contribution is 0.0321. The molecule has 96 valence electrons. The first-order chi connectivity index (χ1) is 8.40. The molecule has 2 aliphatic heterocycles. The van der Waals surface area contributed by atoms with E-state index in [1.807, 2.05) is 0 Å². The Morgan fingerprint density at radius 1 is 1.41 bits per heavy atom. The average molecular weight is 238 g/mol.